The Balaban J connectivity index is 1.67. The maximum atomic E-state index is 14.6. The summed E-state index contributed by atoms with van der Waals surface area (Å²) in [6, 6.07) is 1.36. The summed E-state index contributed by atoms with van der Waals surface area (Å²) in [5, 5.41) is 0. The van der Waals surface area contributed by atoms with Crippen LogP contribution in [0, 0.1) is 34.7 Å². The molecule has 3 aliphatic rings. The number of piperidine rings is 1. The van der Waals surface area contributed by atoms with Crippen molar-refractivity contribution in [3.05, 3.63) is 82.4 Å². The normalized spacial score (nSPS) is 26.6. The number of rotatable bonds is 5. The number of ether oxygens (including phenoxy) is 1. The van der Waals surface area contributed by atoms with E-state index in [1.54, 1.807) is 26.1 Å². The van der Waals surface area contributed by atoms with E-state index in [-0.39, 0.29) is 35.5 Å². The first-order valence-corrected chi connectivity index (χ1v) is 11.8. The number of fused-ring (bicyclic) bond motifs is 1. The van der Waals surface area contributed by atoms with E-state index in [2.05, 4.69) is 0 Å². The van der Waals surface area contributed by atoms with Crippen LogP contribution in [0.3, 0.4) is 0 Å². The molecule has 1 saturated heterocycles. The van der Waals surface area contributed by atoms with Crippen molar-refractivity contribution in [2.45, 2.75) is 38.8 Å². The molecule has 3 nitrogen and oxygen atoms in total. The molecule has 36 heavy (non-hydrogen) atoms. The number of amides is 1. The monoisotopic (exact) mass is 511 g/mol. The fourth-order valence-corrected chi connectivity index (χ4v) is 5.35. The molecule has 194 valence electrons. The molecule has 1 fully saturated rings. The number of alkyl halides is 3. The third-order valence-corrected chi connectivity index (χ3v) is 7.08. The van der Waals surface area contributed by atoms with Crippen LogP contribution in [0.25, 0.3) is 0 Å². The second-order valence-electron chi connectivity index (χ2n) is 9.86. The number of carbonyl (C=O) groups is 1. The van der Waals surface area contributed by atoms with Gasteiger partial charge in [0.25, 0.3) is 0 Å². The van der Waals surface area contributed by atoms with Crippen molar-refractivity contribution in [1.82, 2.24) is 4.90 Å². The number of halogens is 6. The molecule has 0 bridgehead atoms. The van der Waals surface area contributed by atoms with Gasteiger partial charge in [-0.25, -0.2) is 13.2 Å². The van der Waals surface area contributed by atoms with Crippen LogP contribution in [0.1, 0.15) is 31.7 Å². The van der Waals surface area contributed by atoms with Gasteiger partial charge in [-0.1, -0.05) is 18.2 Å². The van der Waals surface area contributed by atoms with E-state index in [1.807, 2.05) is 12.2 Å². The largest absolute Gasteiger partial charge is 0.484 e. The summed E-state index contributed by atoms with van der Waals surface area (Å²) in [7, 11) is 1.62. The Morgan fingerprint density at radius 3 is 2.61 bits per heavy atom. The second-order valence-corrected chi connectivity index (χ2v) is 9.86. The summed E-state index contributed by atoms with van der Waals surface area (Å²) in [5.41, 5.74) is 0.0232. The van der Waals surface area contributed by atoms with E-state index in [0.29, 0.717) is 37.4 Å². The van der Waals surface area contributed by atoms with E-state index in [0.717, 1.165) is 11.6 Å². The highest BCUT2D eigenvalue weighted by Crippen LogP contribution is 2.46. The molecule has 0 radical (unpaired) electrons. The van der Waals surface area contributed by atoms with Gasteiger partial charge in [0.1, 0.15) is 11.6 Å². The predicted octanol–water partition coefficient (Wildman–Crippen LogP) is 6.43. The maximum Gasteiger partial charge on any atom is 0.422 e. The molecule has 3 atom stereocenters. The molecule has 0 aromatic heterocycles. The van der Waals surface area contributed by atoms with Gasteiger partial charge in [-0.15, -0.1) is 0 Å². The van der Waals surface area contributed by atoms with Gasteiger partial charge < -0.3 is 9.64 Å². The molecule has 1 aromatic rings. The van der Waals surface area contributed by atoms with E-state index < -0.39 is 35.6 Å². The highest BCUT2D eigenvalue weighted by atomic mass is 19.4. The number of allylic oxidation sites excluding steroid dienone is 5. The molecule has 4 rings (SSSR count). The van der Waals surface area contributed by atoms with Crippen molar-refractivity contribution in [3.8, 4) is 0 Å². The Hall–Kier alpha value is -2.97. The Labute approximate surface area is 205 Å². The summed E-state index contributed by atoms with van der Waals surface area (Å²) in [6.45, 7) is 0.590. The van der Waals surface area contributed by atoms with Crippen LogP contribution in [0.2, 0.25) is 0 Å². The number of likely N-dealkylation sites (tertiary alicyclic amines) is 1. The van der Waals surface area contributed by atoms with Crippen LogP contribution in [-0.2, 0) is 16.0 Å². The Bertz CT molecular complexity index is 1170. The summed E-state index contributed by atoms with van der Waals surface area (Å²) in [4.78, 5) is 14.9. The van der Waals surface area contributed by atoms with Crippen molar-refractivity contribution in [3.63, 3.8) is 0 Å². The highest BCUT2D eigenvalue weighted by Gasteiger charge is 2.46. The second kappa shape index (κ2) is 9.82. The first-order chi connectivity index (χ1) is 16.9. The average Bonchev–Trinajstić information content (AvgIpc) is 3.05. The molecular weight excluding hydrogens is 484 g/mol. The lowest BCUT2D eigenvalue weighted by Crippen LogP contribution is -2.49. The number of hydrogen-bond donors (Lipinski definition) is 0. The summed E-state index contributed by atoms with van der Waals surface area (Å²) in [6.07, 6.45) is 6.13. The minimum absolute atomic E-state index is 0.141. The van der Waals surface area contributed by atoms with Crippen LogP contribution in [0.4, 0.5) is 26.3 Å². The standard InChI is InChI=1S/C27H27F6NO2/c1-26(13-19-9-20(28)12-23(29)24(19)30)22-11-17(7-8-18(22)14-34(2)25(26)35)16-5-3-4-6-21(10-16)36-15-27(31,32)33/h4,6,8-12,16-17H,3,5,7,13-15H2,1-2H3. The van der Waals surface area contributed by atoms with Gasteiger partial charge in [-0.3, -0.25) is 4.79 Å². The van der Waals surface area contributed by atoms with E-state index in [4.69, 9.17) is 4.74 Å². The first-order valence-electron chi connectivity index (χ1n) is 11.8. The zero-order valence-electron chi connectivity index (χ0n) is 20.0. The van der Waals surface area contributed by atoms with Crippen LogP contribution >= 0.6 is 0 Å². The Morgan fingerprint density at radius 2 is 1.89 bits per heavy atom. The number of benzene rings is 1. The van der Waals surface area contributed by atoms with Crippen LogP contribution in [-0.4, -0.2) is 37.2 Å². The number of likely N-dealkylation sites (N-methyl/N-ethyl adjacent to an activating group) is 1. The summed E-state index contributed by atoms with van der Waals surface area (Å²) >= 11 is 0. The van der Waals surface area contributed by atoms with Gasteiger partial charge in [0.2, 0.25) is 5.91 Å². The van der Waals surface area contributed by atoms with E-state index in [9.17, 15) is 31.1 Å². The van der Waals surface area contributed by atoms with Crippen molar-refractivity contribution < 1.29 is 35.9 Å². The van der Waals surface area contributed by atoms with Gasteiger partial charge in [-0.2, -0.15) is 13.2 Å². The highest BCUT2D eigenvalue weighted by molar-refractivity contribution is 5.89. The number of hydrogen-bond acceptors (Lipinski definition) is 2. The molecule has 9 heteroatoms. The molecule has 1 aliphatic heterocycles. The zero-order chi connectivity index (χ0) is 26.3. The van der Waals surface area contributed by atoms with Crippen molar-refractivity contribution >= 4 is 5.91 Å². The molecular formula is C27H27F6NO2. The molecule has 0 spiro atoms. The molecule has 0 N–H and O–H groups in total. The number of carbonyl (C=O) groups excluding carboxylic acids is 1. The molecule has 1 amide bonds. The molecule has 2 aliphatic carbocycles. The smallest absolute Gasteiger partial charge is 0.422 e. The summed E-state index contributed by atoms with van der Waals surface area (Å²) in [5.74, 6) is -3.91. The maximum absolute atomic E-state index is 14.6. The Kier molecular flexibility index (Phi) is 7.12. The number of nitrogens with zero attached hydrogens (tertiary/aromatic N) is 1. The predicted molar refractivity (Wildman–Crippen MR) is 122 cm³/mol. The summed E-state index contributed by atoms with van der Waals surface area (Å²) < 4.78 is 85.3. The third kappa shape index (κ3) is 5.39. The SMILES string of the molecule is CN1CC2=CCC(C3C=C(OCC(F)(F)F)C=CCC3)C=C2C(C)(Cc2cc(F)cc(F)c2F)C1=O. The quantitative estimate of drug-likeness (QED) is 0.337. The molecule has 0 saturated carbocycles. The van der Waals surface area contributed by atoms with Crippen LogP contribution < -0.4 is 0 Å². The first kappa shape index (κ1) is 26.1. The van der Waals surface area contributed by atoms with Crippen molar-refractivity contribution in [1.29, 1.82) is 0 Å². The average molecular weight is 512 g/mol. The lowest BCUT2D eigenvalue weighted by Gasteiger charge is -2.44. The zero-order valence-corrected chi connectivity index (χ0v) is 20.0. The topological polar surface area (TPSA) is 29.5 Å². The van der Waals surface area contributed by atoms with E-state index in [1.165, 1.54) is 11.0 Å². The van der Waals surface area contributed by atoms with E-state index >= 15 is 0 Å². The molecule has 3 unspecified atom stereocenters. The third-order valence-electron chi connectivity index (χ3n) is 7.08. The minimum atomic E-state index is -4.46. The lowest BCUT2D eigenvalue weighted by atomic mass is 9.66. The minimum Gasteiger partial charge on any atom is -0.484 e. The fourth-order valence-electron chi connectivity index (χ4n) is 5.35. The van der Waals surface area contributed by atoms with Gasteiger partial charge in [-0.05, 0) is 79.4 Å². The van der Waals surface area contributed by atoms with Crippen LogP contribution in [0.15, 0.2) is 59.4 Å². The molecule has 1 aromatic carbocycles. The van der Waals surface area contributed by atoms with Gasteiger partial charge in [0, 0.05) is 19.7 Å². The fraction of sp³-hybridized carbons (Fsp3) is 0.444. The molecule has 1 heterocycles. The van der Waals surface area contributed by atoms with Crippen LogP contribution in [0.5, 0.6) is 0 Å². The van der Waals surface area contributed by atoms with Gasteiger partial charge in [0.15, 0.2) is 18.2 Å². The van der Waals surface area contributed by atoms with Gasteiger partial charge in [0.05, 0.1) is 5.41 Å². The Morgan fingerprint density at radius 1 is 1.14 bits per heavy atom. The van der Waals surface area contributed by atoms with Crippen molar-refractivity contribution in [2.24, 2.45) is 17.3 Å². The lowest BCUT2D eigenvalue weighted by molar-refractivity contribution is -0.163. The van der Waals surface area contributed by atoms with Gasteiger partial charge >= 0.3 is 6.18 Å². The van der Waals surface area contributed by atoms with Crippen molar-refractivity contribution in [2.75, 3.05) is 20.2 Å².